The van der Waals surface area contributed by atoms with Crippen molar-refractivity contribution in [1.29, 1.82) is 0 Å². The monoisotopic (exact) mass is 360 g/mol. The highest BCUT2D eigenvalue weighted by Crippen LogP contribution is 2.61. The van der Waals surface area contributed by atoms with Gasteiger partial charge in [0.1, 0.15) is 0 Å². The third-order valence-electron chi connectivity index (χ3n) is 6.19. The molecule has 0 aromatic carbocycles. The number of nitrogens with one attached hydrogen (secondary N) is 2. The summed E-state index contributed by atoms with van der Waals surface area (Å²) in [6, 6.07) is 3.25. The Labute approximate surface area is 151 Å². The Bertz CT molecular complexity index is 689. The summed E-state index contributed by atoms with van der Waals surface area (Å²) in [5, 5.41) is 0. The maximum atomic E-state index is 12.4. The third kappa shape index (κ3) is 3.36. The van der Waals surface area contributed by atoms with E-state index < -0.39 is 0 Å². The zero-order valence-corrected chi connectivity index (χ0v) is 15.3. The molecular weight excluding hydrogens is 336 g/mol. The zero-order chi connectivity index (χ0) is 17.6. The number of amides is 2. The number of carbonyl (C=O) groups is 3. The fourth-order valence-corrected chi connectivity index (χ4v) is 6.53. The first-order valence-corrected chi connectivity index (χ1v) is 9.94. The van der Waals surface area contributed by atoms with Crippen molar-refractivity contribution in [3.63, 3.8) is 0 Å². The van der Waals surface area contributed by atoms with E-state index in [9.17, 15) is 14.4 Å². The van der Waals surface area contributed by atoms with Crippen LogP contribution in [0.15, 0.2) is 12.1 Å². The Balaban J connectivity index is 1.32. The number of hydrazine groups is 1. The van der Waals surface area contributed by atoms with E-state index >= 15 is 0 Å². The number of hydrogen-bond donors (Lipinski definition) is 2. The van der Waals surface area contributed by atoms with Crippen molar-refractivity contribution in [3.8, 4) is 0 Å². The van der Waals surface area contributed by atoms with E-state index in [-0.39, 0.29) is 23.0 Å². The van der Waals surface area contributed by atoms with Crippen LogP contribution in [0.2, 0.25) is 0 Å². The SMILES string of the molecule is CC(=O)c1ccc(C(=O)NNC(=O)CC23CC4CC(CC(C4)C2)C3)s1. The quantitative estimate of drug-likeness (QED) is 0.639. The van der Waals surface area contributed by atoms with Crippen molar-refractivity contribution in [3.05, 3.63) is 21.9 Å². The van der Waals surface area contributed by atoms with Crippen LogP contribution in [0.4, 0.5) is 0 Å². The zero-order valence-electron chi connectivity index (χ0n) is 14.5. The molecule has 4 aliphatic carbocycles. The van der Waals surface area contributed by atoms with Crippen molar-refractivity contribution in [1.82, 2.24) is 10.9 Å². The highest BCUT2D eigenvalue weighted by atomic mass is 32.1. The number of carbonyl (C=O) groups excluding carboxylic acids is 3. The molecule has 5 rings (SSSR count). The number of ketones is 1. The smallest absolute Gasteiger partial charge is 0.279 e. The van der Waals surface area contributed by atoms with Crippen LogP contribution in [-0.2, 0) is 4.79 Å². The molecule has 25 heavy (non-hydrogen) atoms. The molecule has 1 aromatic rings. The van der Waals surface area contributed by atoms with Crippen LogP contribution >= 0.6 is 11.3 Å². The van der Waals surface area contributed by atoms with Gasteiger partial charge in [-0.25, -0.2) is 0 Å². The van der Waals surface area contributed by atoms with Crippen LogP contribution < -0.4 is 10.9 Å². The van der Waals surface area contributed by atoms with Gasteiger partial charge in [-0.1, -0.05) is 0 Å². The Kier molecular flexibility index (Phi) is 4.18. The lowest BCUT2D eigenvalue weighted by molar-refractivity contribution is -0.130. The highest BCUT2D eigenvalue weighted by molar-refractivity contribution is 7.15. The van der Waals surface area contributed by atoms with Gasteiger partial charge < -0.3 is 0 Å². The predicted molar refractivity (Wildman–Crippen MR) is 95.2 cm³/mol. The number of rotatable bonds is 4. The van der Waals surface area contributed by atoms with Crippen LogP contribution in [0.5, 0.6) is 0 Å². The second-order valence-corrected chi connectivity index (χ2v) is 9.40. The first-order valence-electron chi connectivity index (χ1n) is 9.12. The van der Waals surface area contributed by atoms with E-state index in [2.05, 4.69) is 10.9 Å². The maximum Gasteiger partial charge on any atom is 0.279 e. The van der Waals surface area contributed by atoms with Crippen LogP contribution in [0, 0.1) is 23.2 Å². The molecule has 4 bridgehead atoms. The standard InChI is InChI=1S/C19H24N2O3S/c1-11(22)15-2-3-16(25-15)18(24)21-20-17(23)10-19-7-12-4-13(8-19)6-14(5-12)9-19/h2-3,12-14H,4-10H2,1H3,(H,20,23)(H,21,24). The molecule has 0 saturated heterocycles. The van der Waals surface area contributed by atoms with Crippen molar-refractivity contribution in [2.75, 3.05) is 0 Å². The average molecular weight is 360 g/mol. The van der Waals surface area contributed by atoms with Crippen LogP contribution in [0.3, 0.4) is 0 Å². The summed E-state index contributed by atoms with van der Waals surface area (Å²) in [4.78, 5) is 36.8. The minimum absolute atomic E-state index is 0.0603. The lowest BCUT2D eigenvalue weighted by Crippen LogP contribution is -2.50. The fourth-order valence-electron chi connectivity index (χ4n) is 5.73. The Morgan fingerprint density at radius 3 is 2.08 bits per heavy atom. The van der Waals surface area contributed by atoms with Gasteiger partial charge in [0.2, 0.25) is 5.91 Å². The van der Waals surface area contributed by atoms with Gasteiger partial charge in [0, 0.05) is 6.42 Å². The lowest BCUT2D eigenvalue weighted by Gasteiger charge is -2.56. The van der Waals surface area contributed by atoms with E-state index in [4.69, 9.17) is 0 Å². The molecule has 0 radical (unpaired) electrons. The van der Waals surface area contributed by atoms with Crippen LogP contribution in [0.1, 0.15) is 71.2 Å². The normalized spacial score (nSPS) is 32.4. The molecule has 1 aromatic heterocycles. The van der Waals surface area contributed by atoms with Crippen LogP contribution in [0.25, 0.3) is 0 Å². The molecule has 4 aliphatic rings. The van der Waals surface area contributed by atoms with Crippen molar-refractivity contribution < 1.29 is 14.4 Å². The molecule has 5 nitrogen and oxygen atoms in total. The van der Waals surface area contributed by atoms with Gasteiger partial charge in [0.05, 0.1) is 9.75 Å². The van der Waals surface area contributed by atoms with Gasteiger partial charge in [0.15, 0.2) is 5.78 Å². The summed E-state index contributed by atoms with van der Waals surface area (Å²) in [6.45, 7) is 1.47. The van der Waals surface area contributed by atoms with Gasteiger partial charge >= 0.3 is 0 Å². The molecule has 4 saturated carbocycles. The van der Waals surface area contributed by atoms with E-state index in [1.165, 1.54) is 45.4 Å². The van der Waals surface area contributed by atoms with E-state index in [0.29, 0.717) is 16.2 Å². The predicted octanol–water partition coefficient (Wildman–Crippen LogP) is 3.32. The molecule has 0 atom stereocenters. The highest BCUT2D eigenvalue weighted by Gasteiger charge is 2.51. The lowest BCUT2D eigenvalue weighted by atomic mass is 9.49. The molecule has 1 heterocycles. The summed E-state index contributed by atoms with van der Waals surface area (Å²) < 4.78 is 0. The van der Waals surface area contributed by atoms with Gasteiger partial charge in [-0.05, 0) is 80.8 Å². The van der Waals surface area contributed by atoms with Crippen molar-refractivity contribution in [2.24, 2.45) is 23.2 Å². The van der Waals surface area contributed by atoms with Crippen molar-refractivity contribution >= 4 is 28.9 Å². The summed E-state index contributed by atoms with van der Waals surface area (Å²) in [5.74, 6) is 1.91. The van der Waals surface area contributed by atoms with Crippen LogP contribution in [-0.4, -0.2) is 17.6 Å². The maximum absolute atomic E-state index is 12.4. The molecule has 2 amide bonds. The first kappa shape index (κ1) is 16.8. The molecule has 134 valence electrons. The topological polar surface area (TPSA) is 75.3 Å². The number of Topliss-reactive ketones (excluding diaryl/α,β-unsaturated/α-hetero) is 1. The summed E-state index contributed by atoms with van der Waals surface area (Å²) >= 11 is 1.14. The first-order chi connectivity index (χ1) is 11.9. The number of thiophene rings is 1. The fraction of sp³-hybridized carbons (Fsp3) is 0.632. The van der Waals surface area contributed by atoms with E-state index in [0.717, 1.165) is 29.1 Å². The molecular formula is C19H24N2O3S. The summed E-state index contributed by atoms with van der Waals surface area (Å²) in [7, 11) is 0. The Morgan fingerprint density at radius 2 is 1.56 bits per heavy atom. The van der Waals surface area contributed by atoms with Gasteiger partial charge in [0.25, 0.3) is 5.91 Å². The third-order valence-corrected chi connectivity index (χ3v) is 7.38. The summed E-state index contributed by atoms with van der Waals surface area (Å²) in [5.41, 5.74) is 5.23. The second kappa shape index (κ2) is 6.24. The molecule has 4 fully saturated rings. The minimum Gasteiger partial charge on any atom is -0.294 e. The van der Waals surface area contributed by atoms with Crippen molar-refractivity contribution in [2.45, 2.75) is 51.9 Å². The molecule has 6 heteroatoms. The Morgan fingerprint density at radius 1 is 1.00 bits per heavy atom. The van der Waals surface area contributed by atoms with E-state index in [1.807, 2.05) is 0 Å². The molecule has 2 N–H and O–H groups in total. The summed E-state index contributed by atoms with van der Waals surface area (Å²) in [6.07, 6.45) is 8.10. The molecule has 0 spiro atoms. The second-order valence-electron chi connectivity index (χ2n) is 8.32. The van der Waals surface area contributed by atoms with Gasteiger partial charge in [-0.2, -0.15) is 0 Å². The molecule has 0 aliphatic heterocycles. The number of hydrogen-bond acceptors (Lipinski definition) is 4. The van der Waals surface area contributed by atoms with Gasteiger partial charge in [-0.3, -0.25) is 25.2 Å². The Hall–Kier alpha value is -1.69. The van der Waals surface area contributed by atoms with Gasteiger partial charge in [-0.15, -0.1) is 11.3 Å². The minimum atomic E-state index is -0.364. The van der Waals surface area contributed by atoms with E-state index in [1.54, 1.807) is 12.1 Å². The largest absolute Gasteiger partial charge is 0.294 e. The average Bonchev–Trinajstić information content (AvgIpc) is 3.01. The molecule has 0 unspecified atom stereocenters.